The molecule has 1 nitrogen and oxygen atoms in total. The first-order valence-corrected chi connectivity index (χ1v) is 15.3. The van der Waals surface area contributed by atoms with Crippen molar-refractivity contribution in [3.63, 3.8) is 0 Å². The third-order valence-corrected chi connectivity index (χ3v) is 11.6. The van der Waals surface area contributed by atoms with Crippen LogP contribution in [0.5, 0.6) is 5.75 Å². The fourth-order valence-electron chi connectivity index (χ4n) is 5.64. The summed E-state index contributed by atoms with van der Waals surface area (Å²) in [7, 11) is 0. The van der Waals surface area contributed by atoms with Crippen LogP contribution >= 0.6 is 24.8 Å². The van der Waals surface area contributed by atoms with E-state index in [-0.39, 0.29) is 44.8 Å². The third kappa shape index (κ3) is 5.67. The van der Waals surface area contributed by atoms with Crippen LogP contribution in [-0.4, -0.2) is 4.82 Å². The Morgan fingerprint density at radius 1 is 0.865 bits per heavy atom. The summed E-state index contributed by atoms with van der Waals surface area (Å²) in [4.78, 5) is 4.84. The van der Waals surface area contributed by atoms with Crippen molar-refractivity contribution >= 4 is 41.3 Å². The summed E-state index contributed by atoms with van der Waals surface area (Å²) in [6.07, 6.45) is 9.43. The van der Waals surface area contributed by atoms with Gasteiger partial charge in [0.2, 0.25) is 0 Å². The average Bonchev–Trinajstić information content (AvgIpc) is 3.09. The number of hydrogen-bond donors (Lipinski definition) is 0. The summed E-state index contributed by atoms with van der Waals surface area (Å²) in [6.45, 7) is 22.9. The van der Waals surface area contributed by atoms with Gasteiger partial charge in [-0.05, 0) is 0 Å². The summed E-state index contributed by atoms with van der Waals surface area (Å²) < 4.78 is 6.73. The first-order chi connectivity index (χ1) is 16.1. The Morgan fingerprint density at radius 2 is 1.51 bits per heavy atom. The van der Waals surface area contributed by atoms with Crippen LogP contribution in [0.1, 0.15) is 90.1 Å². The molecule has 0 amide bonds. The topological polar surface area (TPSA) is 9.23 Å². The summed E-state index contributed by atoms with van der Waals surface area (Å²) in [5.74, 6) is 0.972. The molecule has 1 unspecified atom stereocenters. The number of fused-ring (bicyclic) bond motifs is 3. The van der Waals surface area contributed by atoms with Crippen molar-refractivity contribution in [2.45, 2.75) is 83.8 Å². The Hall–Kier alpha value is -1.38. The molecule has 0 fully saturated rings. The van der Waals surface area contributed by atoms with Crippen LogP contribution in [-0.2, 0) is 28.6 Å². The molecule has 2 aromatic rings. The van der Waals surface area contributed by atoms with E-state index in [1.807, 2.05) is 0 Å². The van der Waals surface area contributed by atoms with E-state index in [2.05, 4.69) is 130 Å². The normalized spacial score (nSPS) is 18.5. The standard InChI is InChI=1S/C21H25.C11H16O.CH2.2ClH.Ti/c1-20(2,3)18-11-7-9-14-15-10-8-12-19(21(4,5)6)17(15)13-16(14)18;1-8-5-9(11(2,3)4)7-10(12)6-8;;;;/h7-13H,1-6H3;5-7,12H,1-4H3;1H2;2*1H;/q;;;;;+1/p-1. The number of benzene rings is 2. The van der Waals surface area contributed by atoms with Crippen LogP contribution in [0.15, 0.2) is 60.2 Å². The van der Waals surface area contributed by atoms with Gasteiger partial charge < -0.3 is 0 Å². The monoisotopic (exact) mass is 574 g/mol. The molecule has 1 atom stereocenters. The molecule has 0 aliphatic heterocycles. The Labute approximate surface area is 244 Å². The molecule has 2 aliphatic rings. The van der Waals surface area contributed by atoms with E-state index in [1.54, 1.807) is 0 Å². The molecule has 0 spiro atoms. The van der Waals surface area contributed by atoms with Crippen molar-refractivity contribution < 1.29 is 21.1 Å². The van der Waals surface area contributed by atoms with Crippen LogP contribution in [0, 0.1) is 12.3 Å². The van der Waals surface area contributed by atoms with Crippen molar-refractivity contribution in [1.29, 1.82) is 0 Å². The molecule has 0 radical (unpaired) electrons. The average molecular weight is 575 g/mol. The molecule has 0 heterocycles. The van der Waals surface area contributed by atoms with Gasteiger partial charge in [0.05, 0.1) is 0 Å². The van der Waals surface area contributed by atoms with Crippen LogP contribution < -0.4 is 3.32 Å². The first kappa shape index (κ1) is 31.8. The molecular formula is C33H44Cl2OTi. The van der Waals surface area contributed by atoms with E-state index in [0.29, 0.717) is 0 Å². The molecule has 0 aromatic heterocycles. The Bertz CT molecular complexity index is 1290. The SMILES string of the molecule is Cl.Cl.[CH2]=[Ti]([O]c1cc(C)cc(C(C)(C)C)c1)[C]1(C(C)(C)C)C=CC=C2C1=Cc1c2cccc1C(C)(C)C. The zero-order chi connectivity index (χ0) is 26.0. The number of rotatable bonds is 3. The van der Waals surface area contributed by atoms with Gasteiger partial charge in [-0.1, -0.05) is 0 Å². The Balaban J connectivity index is 0.00000241. The van der Waals surface area contributed by atoms with Gasteiger partial charge in [-0.25, -0.2) is 0 Å². The first-order valence-electron chi connectivity index (χ1n) is 12.8. The van der Waals surface area contributed by atoms with E-state index >= 15 is 0 Å². The molecule has 2 aliphatic carbocycles. The van der Waals surface area contributed by atoms with Crippen molar-refractivity contribution in [1.82, 2.24) is 0 Å². The zero-order valence-electron chi connectivity index (χ0n) is 24.2. The summed E-state index contributed by atoms with van der Waals surface area (Å²) >= 11 is -2.43. The Morgan fingerprint density at radius 3 is 2.08 bits per heavy atom. The van der Waals surface area contributed by atoms with Crippen molar-refractivity contribution in [3.05, 3.63) is 88.0 Å². The number of halogens is 2. The number of aryl methyl sites for hydroxylation is 1. The summed E-state index contributed by atoms with van der Waals surface area (Å²) in [5.41, 5.74) is 9.54. The minimum absolute atomic E-state index is 0. The second-order valence-corrected chi connectivity index (χ2v) is 16.3. The second-order valence-electron chi connectivity index (χ2n) is 13.4. The molecule has 0 saturated carbocycles. The van der Waals surface area contributed by atoms with Gasteiger partial charge in [-0.2, -0.15) is 0 Å². The second kappa shape index (κ2) is 10.7. The molecule has 200 valence electrons. The van der Waals surface area contributed by atoms with Crippen molar-refractivity contribution in [2.24, 2.45) is 5.41 Å². The van der Waals surface area contributed by atoms with E-state index in [9.17, 15) is 0 Å². The van der Waals surface area contributed by atoms with Crippen molar-refractivity contribution in [3.8, 4) is 5.75 Å². The van der Waals surface area contributed by atoms with Gasteiger partial charge in [-0.3, -0.25) is 0 Å². The van der Waals surface area contributed by atoms with E-state index in [0.717, 1.165) is 5.75 Å². The van der Waals surface area contributed by atoms with Crippen LogP contribution in [0.25, 0.3) is 11.6 Å². The molecule has 0 saturated heterocycles. The third-order valence-electron chi connectivity index (χ3n) is 7.60. The number of allylic oxidation sites excluding steroid dienone is 5. The van der Waals surface area contributed by atoms with Gasteiger partial charge in [0.1, 0.15) is 0 Å². The van der Waals surface area contributed by atoms with E-state index < -0.39 is 17.8 Å². The molecule has 4 heteroatoms. The molecule has 2 aromatic carbocycles. The maximum atomic E-state index is 6.94. The van der Waals surface area contributed by atoms with Gasteiger partial charge in [0.25, 0.3) is 0 Å². The van der Waals surface area contributed by atoms with Gasteiger partial charge >= 0.3 is 221 Å². The van der Waals surface area contributed by atoms with Crippen LogP contribution in [0.2, 0.25) is 3.72 Å². The van der Waals surface area contributed by atoms with E-state index in [4.69, 9.17) is 8.14 Å². The molecular weight excluding hydrogens is 531 g/mol. The van der Waals surface area contributed by atoms with Gasteiger partial charge in [0, 0.05) is 0 Å². The fourth-order valence-corrected chi connectivity index (χ4v) is 9.06. The molecule has 0 N–H and O–H groups in total. The summed E-state index contributed by atoms with van der Waals surface area (Å²) in [6, 6.07) is 13.5. The molecule has 0 bridgehead atoms. The quantitative estimate of drug-likeness (QED) is 0.331. The van der Waals surface area contributed by atoms with Crippen molar-refractivity contribution in [2.75, 3.05) is 0 Å². The molecule has 37 heavy (non-hydrogen) atoms. The molecule has 4 rings (SSSR count). The predicted octanol–water partition coefficient (Wildman–Crippen LogP) is 10.0. The zero-order valence-corrected chi connectivity index (χ0v) is 27.4. The summed E-state index contributed by atoms with van der Waals surface area (Å²) in [5, 5.41) is 0. The van der Waals surface area contributed by atoms with E-state index in [1.165, 1.54) is 39.0 Å². The predicted molar refractivity (Wildman–Crippen MR) is 165 cm³/mol. The minimum atomic E-state index is -2.43. The fraction of sp³-hybridized carbons (Fsp3) is 0.424. The Kier molecular flexibility index (Phi) is 9.17. The van der Waals surface area contributed by atoms with Gasteiger partial charge in [0.15, 0.2) is 0 Å². The van der Waals surface area contributed by atoms with Gasteiger partial charge in [-0.15, -0.1) is 24.8 Å². The van der Waals surface area contributed by atoms with Crippen LogP contribution in [0.4, 0.5) is 0 Å². The number of hydrogen-bond acceptors (Lipinski definition) is 1. The van der Waals surface area contributed by atoms with Crippen LogP contribution in [0.3, 0.4) is 0 Å². The maximum absolute atomic E-state index is 6.94.